The first-order chi connectivity index (χ1) is 17.1. The lowest BCUT2D eigenvalue weighted by atomic mass is 9.77. The van der Waals surface area contributed by atoms with E-state index in [2.05, 4.69) is 33.2 Å². The van der Waals surface area contributed by atoms with E-state index in [0.717, 1.165) is 65.5 Å². The molecule has 1 atom stereocenters. The van der Waals surface area contributed by atoms with Gasteiger partial charge in [-0.25, -0.2) is 15.0 Å². The van der Waals surface area contributed by atoms with E-state index in [4.69, 9.17) is 24.2 Å². The lowest BCUT2D eigenvalue weighted by Gasteiger charge is -2.50. The third-order valence-corrected chi connectivity index (χ3v) is 9.25. The van der Waals surface area contributed by atoms with Crippen molar-refractivity contribution in [1.29, 1.82) is 0 Å². The fourth-order valence-corrected chi connectivity index (χ4v) is 6.86. The molecule has 0 bridgehead atoms. The highest BCUT2D eigenvalue weighted by atomic mass is 32.2. The van der Waals surface area contributed by atoms with E-state index in [1.54, 1.807) is 11.8 Å². The zero-order chi connectivity index (χ0) is 23.6. The van der Waals surface area contributed by atoms with Gasteiger partial charge in [-0.2, -0.15) is 0 Å². The summed E-state index contributed by atoms with van der Waals surface area (Å²) in [7, 11) is 2.08. The molecule has 35 heavy (non-hydrogen) atoms. The monoisotopic (exact) mass is 494 g/mol. The molecule has 4 aliphatic rings. The molecule has 3 fully saturated rings. The maximum absolute atomic E-state index is 6.25. The van der Waals surface area contributed by atoms with Crippen LogP contribution in [0.1, 0.15) is 26.2 Å². The second kappa shape index (κ2) is 7.97. The Bertz CT molecular complexity index is 1270. The van der Waals surface area contributed by atoms with E-state index in [1.807, 2.05) is 30.9 Å². The van der Waals surface area contributed by atoms with Crippen molar-refractivity contribution >= 4 is 29.2 Å². The lowest BCUT2D eigenvalue weighted by Crippen LogP contribution is -2.66. The number of pyridine rings is 1. The molecule has 0 saturated carbocycles. The predicted molar refractivity (Wildman–Crippen MR) is 133 cm³/mol. The molecule has 2 spiro atoms. The summed E-state index contributed by atoms with van der Waals surface area (Å²) in [6.45, 7) is 7.02. The van der Waals surface area contributed by atoms with Gasteiger partial charge >= 0.3 is 0 Å². The smallest absolute Gasteiger partial charge is 0.211 e. The van der Waals surface area contributed by atoms with Crippen molar-refractivity contribution < 1.29 is 14.2 Å². The van der Waals surface area contributed by atoms with Crippen LogP contribution in [0.3, 0.4) is 0 Å². The minimum atomic E-state index is -0.0987. The van der Waals surface area contributed by atoms with Gasteiger partial charge in [-0.15, -0.1) is 0 Å². The molecular weight excluding hydrogens is 464 g/mol. The van der Waals surface area contributed by atoms with Crippen molar-refractivity contribution in [3.63, 3.8) is 0 Å². The average molecular weight is 495 g/mol. The summed E-state index contributed by atoms with van der Waals surface area (Å²) < 4.78 is 19.8. The van der Waals surface area contributed by atoms with Crippen LogP contribution in [0.4, 0.5) is 11.8 Å². The number of hydrogen-bond acceptors (Lipinski definition) is 9. The van der Waals surface area contributed by atoms with Gasteiger partial charge in [0.1, 0.15) is 12.1 Å². The van der Waals surface area contributed by atoms with E-state index in [0.29, 0.717) is 31.3 Å². The minimum absolute atomic E-state index is 0.0987. The minimum Gasteiger partial charge on any atom is -0.486 e. The topological polar surface area (TPSA) is 77.3 Å². The van der Waals surface area contributed by atoms with Crippen LogP contribution >= 0.6 is 11.8 Å². The highest BCUT2D eigenvalue weighted by Gasteiger charge is 2.48. The van der Waals surface area contributed by atoms with Crippen molar-refractivity contribution in [2.24, 2.45) is 5.41 Å². The molecule has 0 aromatic carbocycles. The van der Waals surface area contributed by atoms with Gasteiger partial charge in [0.05, 0.1) is 35.7 Å². The van der Waals surface area contributed by atoms with Gasteiger partial charge in [-0.1, -0.05) is 11.8 Å². The van der Waals surface area contributed by atoms with Crippen LogP contribution in [-0.2, 0) is 9.47 Å². The molecular formula is C25H30N6O3S. The van der Waals surface area contributed by atoms with Crippen LogP contribution in [0.25, 0.3) is 5.65 Å². The van der Waals surface area contributed by atoms with Gasteiger partial charge in [-0.3, -0.25) is 4.40 Å². The van der Waals surface area contributed by atoms with Crippen LogP contribution < -0.4 is 14.5 Å². The van der Waals surface area contributed by atoms with Crippen LogP contribution in [-0.4, -0.2) is 77.6 Å². The normalized spacial score (nSPS) is 24.6. The van der Waals surface area contributed by atoms with Crippen molar-refractivity contribution in [3.05, 3.63) is 30.9 Å². The number of hydrogen-bond donors (Lipinski definition) is 0. The molecule has 7 heterocycles. The molecule has 184 valence electrons. The Morgan fingerprint density at radius 1 is 1.03 bits per heavy atom. The van der Waals surface area contributed by atoms with E-state index >= 15 is 0 Å². The van der Waals surface area contributed by atoms with Crippen LogP contribution in [0.5, 0.6) is 5.75 Å². The third kappa shape index (κ3) is 3.41. The molecule has 3 saturated heterocycles. The van der Waals surface area contributed by atoms with E-state index < -0.39 is 0 Å². The Balaban J connectivity index is 1.15. The number of aromatic nitrogens is 4. The number of ether oxygens (including phenoxy) is 3. The summed E-state index contributed by atoms with van der Waals surface area (Å²) in [6.07, 6.45) is 11.5. The van der Waals surface area contributed by atoms with Crippen molar-refractivity contribution in [2.75, 3.05) is 56.4 Å². The molecule has 0 amide bonds. The van der Waals surface area contributed by atoms with Gasteiger partial charge in [0.25, 0.3) is 0 Å². The van der Waals surface area contributed by atoms with Crippen molar-refractivity contribution in [3.8, 4) is 5.75 Å². The average Bonchev–Trinajstić information content (AvgIpc) is 3.47. The van der Waals surface area contributed by atoms with Gasteiger partial charge < -0.3 is 24.0 Å². The molecule has 0 aliphatic carbocycles. The Morgan fingerprint density at radius 3 is 2.63 bits per heavy atom. The summed E-state index contributed by atoms with van der Waals surface area (Å²) in [6, 6.07) is 2.01. The van der Waals surface area contributed by atoms with Gasteiger partial charge in [-0.05, 0) is 37.7 Å². The first-order valence-corrected chi connectivity index (χ1v) is 13.2. The Hall–Kier alpha value is -2.56. The largest absolute Gasteiger partial charge is 0.486 e. The molecule has 4 aliphatic heterocycles. The second-order valence-corrected chi connectivity index (χ2v) is 11.6. The third-order valence-electron chi connectivity index (χ3n) is 8.20. The Labute approximate surface area is 208 Å². The lowest BCUT2D eigenvalue weighted by molar-refractivity contribution is -0.0801. The molecule has 3 aromatic rings. The summed E-state index contributed by atoms with van der Waals surface area (Å²) in [5.74, 6) is 2.64. The number of likely N-dealkylation sites (N-methyl/N-ethyl adjacent to an activating group) is 1. The Morgan fingerprint density at radius 2 is 1.89 bits per heavy atom. The van der Waals surface area contributed by atoms with E-state index in [-0.39, 0.29) is 5.54 Å². The SMILES string of the molecule is C[C@H]1CC2(CCN(c3ncc(Sc4ccnc5c4OCC4(COC4)N5C)c4nccn34)CC2)CO1. The molecule has 0 N–H and O–H groups in total. The summed E-state index contributed by atoms with van der Waals surface area (Å²) in [4.78, 5) is 20.9. The number of piperidine rings is 1. The second-order valence-electron chi connectivity index (χ2n) is 10.5. The zero-order valence-corrected chi connectivity index (χ0v) is 21.0. The fourth-order valence-electron chi connectivity index (χ4n) is 5.90. The quantitative estimate of drug-likeness (QED) is 0.545. The number of fused-ring (bicyclic) bond motifs is 2. The summed E-state index contributed by atoms with van der Waals surface area (Å²) in [5, 5.41) is 0. The van der Waals surface area contributed by atoms with Crippen LogP contribution in [0.2, 0.25) is 0 Å². The van der Waals surface area contributed by atoms with Crippen LogP contribution in [0, 0.1) is 5.41 Å². The highest BCUT2D eigenvalue weighted by Crippen LogP contribution is 2.47. The summed E-state index contributed by atoms with van der Waals surface area (Å²) >= 11 is 1.63. The van der Waals surface area contributed by atoms with E-state index in [1.165, 1.54) is 6.42 Å². The Kier molecular flexibility index (Phi) is 4.94. The summed E-state index contributed by atoms with van der Waals surface area (Å²) in [5.41, 5.74) is 1.16. The number of nitrogens with zero attached hydrogens (tertiary/aromatic N) is 6. The van der Waals surface area contributed by atoms with E-state index in [9.17, 15) is 0 Å². The van der Waals surface area contributed by atoms with Gasteiger partial charge in [0.2, 0.25) is 5.95 Å². The van der Waals surface area contributed by atoms with Crippen molar-refractivity contribution in [1.82, 2.24) is 19.4 Å². The standard InChI is InChI=1S/C25H30N6O3S/c1-17-11-24(13-33-17)4-8-30(9-5-24)23-28-12-19(21-27-7-10-31(21)23)35-18-3-6-26-22-20(18)34-16-25(29(22)2)14-32-15-25/h3,6-7,10,12,17H,4-5,8-9,11,13-16H2,1-2H3/t17-/m0/s1. The number of imidazole rings is 1. The highest BCUT2D eigenvalue weighted by molar-refractivity contribution is 7.99. The van der Waals surface area contributed by atoms with Gasteiger partial charge in [0, 0.05) is 44.9 Å². The molecule has 10 heteroatoms. The maximum Gasteiger partial charge on any atom is 0.211 e. The first kappa shape index (κ1) is 21.7. The molecule has 0 unspecified atom stereocenters. The number of rotatable bonds is 3. The first-order valence-electron chi connectivity index (χ1n) is 12.4. The van der Waals surface area contributed by atoms with Crippen molar-refractivity contribution in [2.45, 2.75) is 47.6 Å². The number of anilines is 2. The molecule has 0 radical (unpaired) electrons. The van der Waals surface area contributed by atoms with Crippen LogP contribution in [0.15, 0.2) is 40.6 Å². The predicted octanol–water partition coefficient (Wildman–Crippen LogP) is 3.27. The van der Waals surface area contributed by atoms with Gasteiger partial charge in [0.15, 0.2) is 17.2 Å². The maximum atomic E-state index is 6.25. The fraction of sp³-hybridized carbons (Fsp3) is 0.560. The molecule has 7 rings (SSSR count). The molecule has 9 nitrogen and oxygen atoms in total. The molecule has 3 aromatic heterocycles. The zero-order valence-electron chi connectivity index (χ0n) is 20.1.